The van der Waals surface area contributed by atoms with Crippen LogP contribution < -0.4 is 0 Å². The van der Waals surface area contributed by atoms with Crippen molar-refractivity contribution in [1.82, 2.24) is 0 Å². The molecule has 8 atom stereocenters. The predicted octanol–water partition coefficient (Wildman–Crippen LogP) is 5.77. The van der Waals surface area contributed by atoms with Crippen molar-refractivity contribution < 1.29 is 43.1 Å². The molecule has 2 bridgehead atoms. The third-order valence-corrected chi connectivity index (χ3v) is 9.54. The van der Waals surface area contributed by atoms with E-state index in [9.17, 15) is 9.90 Å². The second-order valence-electron chi connectivity index (χ2n) is 13.2. The molecule has 0 amide bonds. The molecule has 0 aromatic heterocycles. The standard InChI is InChI=1S/C41H44O9/c42-34-21-33(35-28-48-40(34)49-35)22-41(43)39(47-26-32-19-11-4-12-20-32)38(46-25-31-17-9-3-10-18-31)37(45-24-30-15-7-2-8-16-30)36(50-41)27-44-23-29-13-5-1-6-14-29/h1-20,33,35-40,43H,21-28H2/t33?,35?,36?,37-,38?,39?,40?,41-/m0/s1. The van der Waals surface area contributed by atoms with Crippen LogP contribution >= 0.6 is 0 Å². The number of ketones is 1. The fraction of sp³-hybridized carbons (Fsp3) is 0.390. The molecule has 9 nitrogen and oxygen atoms in total. The van der Waals surface area contributed by atoms with Crippen molar-refractivity contribution in [1.29, 1.82) is 0 Å². The molecule has 3 aliphatic heterocycles. The van der Waals surface area contributed by atoms with Gasteiger partial charge in [0.2, 0.25) is 6.29 Å². The van der Waals surface area contributed by atoms with Crippen molar-refractivity contribution in [3.8, 4) is 0 Å². The van der Waals surface area contributed by atoms with Crippen molar-refractivity contribution in [2.24, 2.45) is 5.92 Å². The number of hydrogen-bond donors (Lipinski definition) is 1. The maximum Gasteiger partial charge on any atom is 0.218 e. The number of fused-ring (bicyclic) bond motifs is 2. The van der Waals surface area contributed by atoms with Crippen LogP contribution in [0.4, 0.5) is 0 Å². The summed E-state index contributed by atoms with van der Waals surface area (Å²) in [7, 11) is 0. The first-order valence-electron chi connectivity index (χ1n) is 17.3. The van der Waals surface area contributed by atoms with Crippen molar-refractivity contribution >= 4 is 5.78 Å². The van der Waals surface area contributed by atoms with E-state index < -0.39 is 36.5 Å². The minimum absolute atomic E-state index is 0.0602. The molecule has 0 radical (unpaired) electrons. The van der Waals surface area contributed by atoms with Crippen LogP contribution in [0.15, 0.2) is 121 Å². The molecule has 9 heteroatoms. The Morgan fingerprint density at radius 2 is 1.16 bits per heavy atom. The normalized spacial score (nSPS) is 29.2. The van der Waals surface area contributed by atoms with Crippen LogP contribution in [0.2, 0.25) is 0 Å². The van der Waals surface area contributed by atoms with Gasteiger partial charge in [0.05, 0.1) is 45.7 Å². The molecule has 4 aromatic rings. The Kier molecular flexibility index (Phi) is 11.4. The summed E-state index contributed by atoms with van der Waals surface area (Å²) in [5.41, 5.74) is 3.88. The fourth-order valence-electron chi connectivity index (χ4n) is 7.00. The number of hydrogen-bond acceptors (Lipinski definition) is 9. The first-order chi connectivity index (χ1) is 24.5. The van der Waals surface area contributed by atoms with Crippen LogP contribution in [0, 0.1) is 5.92 Å². The quantitative estimate of drug-likeness (QED) is 0.168. The number of benzene rings is 4. The van der Waals surface area contributed by atoms with E-state index in [1.54, 1.807) is 0 Å². The Hall–Kier alpha value is -3.77. The van der Waals surface area contributed by atoms with Crippen molar-refractivity contribution in [3.63, 3.8) is 0 Å². The summed E-state index contributed by atoms with van der Waals surface area (Å²) in [6.45, 7) is 1.45. The predicted molar refractivity (Wildman–Crippen MR) is 183 cm³/mol. The van der Waals surface area contributed by atoms with Gasteiger partial charge in [-0.15, -0.1) is 0 Å². The Morgan fingerprint density at radius 1 is 0.660 bits per heavy atom. The maximum atomic E-state index is 12.9. The number of carbonyl (C=O) groups is 1. The van der Waals surface area contributed by atoms with Gasteiger partial charge >= 0.3 is 0 Å². The smallest absolute Gasteiger partial charge is 0.218 e. The van der Waals surface area contributed by atoms with Gasteiger partial charge in [0, 0.05) is 12.8 Å². The van der Waals surface area contributed by atoms with Crippen LogP contribution in [0.3, 0.4) is 0 Å². The highest BCUT2D eigenvalue weighted by atomic mass is 16.7. The average molecular weight is 681 g/mol. The van der Waals surface area contributed by atoms with Gasteiger partial charge in [-0.25, -0.2) is 0 Å². The molecule has 3 fully saturated rings. The minimum Gasteiger partial charge on any atom is -0.374 e. The Morgan fingerprint density at radius 3 is 1.72 bits per heavy atom. The van der Waals surface area contributed by atoms with Gasteiger partial charge < -0.3 is 38.3 Å². The summed E-state index contributed by atoms with van der Waals surface area (Å²) in [6.07, 6.45) is -4.19. The third-order valence-electron chi connectivity index (χ3n) is 9.54. The van der Waals surface area contributed by atoms with E-state index in [0.29, 0.717) is 6.61 Å². The molecular weight excluding hydrogens is 636 g/mol. The lowest BCUT2D eigenvalue weighted by atomic mass is 9.81. The zero-order valence-electron chi connectivity index (χ0n) is 28.0. The first-order valence-corrected chi connectivity index (χ1v) is 17.3. The molecule has 3 saturated heterocycles. The summed E-state index contributed by atoms with van der Waals surface area (Å²) < 4.78 is 44.6. The highest BCUT2D eigenvalue weighted by Gasteiger charge is 2.58. The molecule has 262 valence electrons. The van der Waals surface area contributed by atoms with Gasteiger partial charge in [-0.3, -0.25) is 4.79 Å². The largest absolute Gasteiger partial charge is 0.374 e. The van der Waals surface area contributed by atoms with Crippen molar-refractivity contribution in [2.75, 3.05) is 13.2 Å². The van der Waals surface area contributed by atoms with Crippen LogP contribution in [0.5, 0.6) is 0 Å². The van der Waals surface area contributed by atoms with E-state index in [0.717, 1.165) is 22.3 Å². The lowest BCUT2D eigenvalue weighted by molar-refractivity contribution is -0.376. The van der Waals surface area contributed by atoms with E-state index in [-0.39, 0.29) is 63.7 Å². The number of ether oxygens (including phenoxy) is 7. The van der Waals surface area contributed by atoms with Gasteiger partial charge in [-0.2, -0.15) is 0 Å². The molecule has 0 saturated carbocycles. The topological polar surface area (TPSA) is 102 Å². The van der Waals surface area contributed by atoms with E-state index in [1.165, 1.54) is 0 Å². The number of Topliss-reactive ketones (excluding diaryl/α,β-unsaturated/α-hetero) is 1. The molecular formula is C41H44O9. The van der Waals surface area contributed by atoms with Gasteiger partial charge in [0.1, 0.15) is 24.4 Å². The van der Waals surface area contributed by atoms with Crippen molar-refractivity contribution in [2.45, 2.75) is 81.9 Å². The molecule has 3 heterocycles. The van der Waals surface area contributed by atoms with Gasteiger partial charge in [-0.1, -0.05) is 121 Å². The monoisotopic (exact) mass is 680 g/mol. The Balaban J connectivity index is 1.22. The van der Waals surface area contributed by atoms with Gasteiger partial charge in [0.15, 0.2) is 11.6 Å². The maximum absolute atomic E-state index is 12.9. The average Bonchev–Trinajstić information content (AvgIpc) is 3.60. The molecule has 1 N–H and O–H groups in total. The second kappa shape index (κ2) is 16.5. The van der Waals surface area contributed by atoms with E-state index in [2.05, 4.69) is 0 Å². The molecule has 4 aromatic carbocycles. The van der Waals surface area contributed by atoms with E-state index in [1.807, 2.05) is 121 Å². The number of carbonyl (C=O) groups excluding carboxylic acids is 1. The third kappa shape index (κ3) is 8.57. The fourth-order valence-corrected chi connectivity index (χ4v) is 7.00. The molecule has 3 aliphatic rings. The SMILES string of the molecule is O=C1CC(C[C@]2(O)OC(COCc3ccccc3)[C@H](OCc3ccccc3)C(OCc3ccccc3)C2OCc2ccccc2)C2COC1O2. The molecule has 50 heavy (non-hydrogen) atoms. The Bertz CT molecular complexity index is 1620. The van der Waals surface area contributed by atoms with E-state index >= 15 is 0 Å². The lowest BCUT2D eigenvalue weighted by Gasteiger charge is -2.51. The summed E-state index contributed by atoms with van der Waals surface area (Å²) in [5, 5.41) is 12.8. The zero-order valence-corrected chi connectivity index (χ0v) is 28.0. The molecule has 6 unspecified atom stereocenters. The Labute approximate surface area is 293 Å². The molecule has 0 aliphatic carbocycles. The first kappa shape index (κ1) is 34.7. The molecule has 7 rings (SSSR count). The number of aliphatic hydroxyl groups is 1. The number of rotatable bonds is 15. The van der Waals surface area contributed by atoms with Crippen molar-refractivity contribution in [3.05, 3.63) is 144 Å². The summed E-state index contributed by atoms with van der Waals surface area (Å²) in [4.78, 5) is 12.9. The van der Waals surface area contributed by atoms with E-state index in [4.69, 9.17) is 33.2 Å². The van der Waals surface area contributed by atoms with Crippen LogP contribution in [-0.2, 0) is 64.4 Å². The molecule has 0 spiro atoms. The zero-order chi connectivity index (χ0) is 34.2. The highest BCUT2D eigenvalue weighted by molar-refractivity contribution is 5.83. The lowest BCUT2D eigenvalue weighted by Crippen LogP contribution is -2.68. The summed E-state index contributed by atoms with van der Waals surface area (Å²) in [6, 6.07) is 39.4. The minimum atomic E-state index is -1.90. The summed E-state index contributed by atoms with van der Waals surface area (Å²) in [5.74, 6) is -2.40. The summed E-state index contributed by atoms with van der Waals surface area (Å²) >= 11 is 0. The van der Waals surface area contributed by atoms with Gasteiger partial charge in [0.25, 0.3) is 0 Å². The van der Waals surface area contributed by atoms with Crippen LogP contribution in [0.25, 0.3) is 0 Å². The van der Waals surface area contributed by atoms with Crippen LogP contribution in [-0.4, -0.2) is 66.7 Å². The highest BCUT2D eigenvalue weighted by Crippen LogP contribution is 2.42. The van der Waals surface area contributed by atoms with Crippen LogP contribution in [0.1, 0.15) is 35.1 Å². The van der Waals surface area contributed by atoms with Gasteiger partial charge in [-0.05, 0) is 28.2 Å². The second-order valence-corrected chi connectivity index (χ2v) is 13.2.